The number of methoxy groups -OCH3 is 1. The first-order valence-corrected chi connectivity index (χ1v) is 10.5. The molecule has 0 bridgehead atoms. The van der Waals surface area contributed by atoms with E-state index in [-0.39, 0.29) is 45.4 Å². The van der Waals surface area contributed by atoms with Crippen LogP contribution in [0.15, 0.2) is 62.2 Å². The first kappa shape index (κ1) is 23.2. The fourth-order valence-electron chi connectivity index (χ4n) is 4.11. The lowest BCUT2D eigenvalue weighted by Crippen LogP contribution is -2.37. The minimum absolute atomic E-state index is 0.0116. The van der Waals surface area contributed by atoms with Crippen LogP contribution in [0.5, 0.6) is 0 Å². The molecule has 2 aromatic carbocycles. The van der Waals surface area contributed by atoms with Gasteiger partial charge in [0.2, 0.25) is 11.4 Å². The monoisotopic (exact) mass is 505 g/mol. The van der Waals surface area contributed by atoms with Crippen molar-refractivity contribution in [3.8, 4) is 5.88 Å². The number of nitro groups is 2. The maximum Gasteiger partial charge on any atom is 0.362 e. The molecule has 0 fully saturated rings. The molecule has 186 valence electrons. The number of nitrogens with zero attached hydrogens (tertiary/aromatic N) is 4. The highest BCUT2D eigenvalue weighted by Crippen LogP contribution is 2.39. The summed E-state index contributed by atoms with van der Waals surface area (Å²) >= 11 is 0. The number of nitrogens with two attached hydrogens (primary N) is 1. The van der Waals surface area contributed by atoms with Gasteiger partial charge >= 0.3 is 11.6 Å². The van der Waals surface area contributed by atoms with Crippen LogP contribution >= 0.6 is 0 Å². The number of aromatic nitrogens is 2. The van der Waals surface area contributed by atoms with Crippen LogP contribution in [0.25, 0.3) is 17.5 Å². The highest BCUT2D eigenvalue weighted by molar-refractivity contribution is 6.12. The van der Waals surface area contributed by atoms with Gasteiger partial charge in [0.25, 0.3) is 17.4 Å². The van der Waals surface area contributed by atoms with Gasteiger partial charge in [0.05, 0.1) is 22.9 Å². The van der Waals surface area contributed by atoms with Crippen LogP contribution in [0.3, 0.4) is 0 Å². The average molecular weight is 505 g/mol. The molecule has 2 aromatic heterocycles. The zero-order valence-corrected chi connectivity index (χ0v) is 18.8. The molecule has 0 spiro atoms. The van der Waals surface area contributed by atoms with Gasteiger partial charge in [0.15, 0.2) is 0 Å². The molecule has 1 aliphatic heterocycles. The summed E-state index contributed by atoms with van der Waals surface area (Å²) < 4.78 is 17.3. The maximum absolute atomic E-state index is 13.0. The van der Waals surface area contributed by atoms with E-state index in [0.29, 0.717) is 11.1 Å². The number of hydrogen-bond donors (Lipinski definition) is 1. The summed E-state index contributed by atoms with van der Waals surface area (Å²) in [6.45, 7) is 0. The zero-order valence-electron chi connectivity index (χ0n) is 18.8. The molecule has 1 atom stereocenters. The average Bonchev–Trinajstić information content (AvgIpc) is 3.42. The summed E-state index contributed by atoms with van der Waals surface area (Å²) in [4.78, 5) is 51.1. The SMILES string of the molecule is COC(=O)C1=c2oc(=O)/c(=C\c3ccc([N+](=O)[O-])cc3)n2-c2oc(N)nc2C1c1ccc([N+](=O)[O-])cc1. The van der Waals surface area contributed by atoms with E-state index >= 15 is 0 Å². The fourth-order valence-corrected chi connectivity index (χ4v) is 4.11. The van der Waals surface area contributed by atoms with E-state index in [0.717, 1.165) is 7.11 Å². The van der Waals surface area contributed by atoms with Gasteiger partial charge < -0.3 is 19.3 Å². The lowest BCUT2D eigenvalue weighted by Gasteiger charge is -2.21. The number of esters is 1. The predicted molar refractivity (Wildman–Crippen MR) is 125 cm³/mol. The van der Waals surface area contributed by atoms with Gasteiger partial charge in [-0.15, -0.1) is 0 Å². The minimum atomic E-state index is -0.998. The van der Waals surface area contributed by atoms with Gasteiger partial charge in [-0.3, -0.25) is 20.2 Å². The molecule has 0 amide bonds. The minimum Gasteiger partial charge on any atom is -0.465 e. The Hall–Kier alpha value is -5.53. The molecule has 0 saturated carbocycles. The fraction of sp³-hybridized carbons (Fsp3) is 0.0870. The van der Waals surface area contributed by atoms with Crippen molar-refractivity contribution in [2.45, 2.75) is 5.92 Å². The van der Waals surface area contributed by atoms with Gasteiger partial charge in [-0.05, 0) is 29.3 Å². The van der Waals surface area contributed by atoms with Crippen molar-refractivity contribution in [1.29, 1.82) is 0 Å². The Bertz CT molecular complexity index is 1760. The third kappa shape index (κ3) is 3.81. The Morgan fingerprint density at radius 3 is 2.22 bits per heavy atom. The predicted octanol–water partition coefficient (Wildman–Crippen LogP) is 1.12. The highest BCUT2D eigenvalue weighted by Gasteiger charge is 2.39. The Morgan fingerprint density at radius 2 is 1.65 bits per heavy atom. The van der Waals surface area contributed by atoms with Gasteiger partial charge in [0, 0.05) is 24.3 Å². The van der Waals surface area contributed by atoms with Gasteiger partial charge in [0.1, 0.15) is 16.6 Å². The number of oxazole rings is 2. The molecule has 2 N–H and O–H groups in total. The van der Waals surface area contributed by atoms with Crippen molar-refractivity contribution < 1.29 is 28.2 Å². The molecule has 14 nitrogen and oxygen atoms in total. The molecule has 1 aliphatic rings. The largest absolute Gasteiger partial charge is 0.465 e. The summed E-state index contributed by atoms with van der Waals surface area (Å²) in [6, 6.07) is 10.5. The Kier molecular flexibility index (Phi) is 5.40. The maximum atomic E-state index is 13.0. The highest BCUT2D eigenvalue weighted by atomic mass is 16.6. The van der Waals surface area contributed by atoms with Crippen LogP contribution in [-0.4, -0.2) is 32.5 Å². The number of anilines is 1. The summed E-state index contributed by atoms with van der Waals surface area (Å²) in [5.74, 6) is -1.86. The van der Waals surface area contributed by atoms with E-state index in [9.17, 15) is 29.8 Å². The van der Waals surface area contributed by atoms with E-state index in [1.54, 1.807) is 0 Å². The number of ether oxygens (including phenoxy) is 1. The van der Waals surface area contributed by atoms with E-state index < -0.39 is 27.4 Å². The third-order valence-electron chi connectivity index (χ3n) is 5.74. The lowest BCUT2D eigenvalue weighted by atomic mass is 9.87. The summed E-state index contributed by atoms with van der Waals surface area (Å²) in [5, 5.41) is 22.0. The van der Waals surface area contributed by atoms with Gasteiger partial charge in [-0.2, -0.15) is 4.98 Å². The van der Waals surface area contributed by atoms with Crippen LogP contribution in [0.2, 0.25) is 0 Å². The number of benzene rings is 2. The summed E-state index contributed by atoms with van der Waals surface area (Å²) in [7, 11) is 1.14. The van der Waals surface area contributed by atoms with Gasteiger partial charge in [-0.1, -0.05) is 12.1 Å². The topological polar surface area (TPSA) is 200 Å². The molecule has 5 rings (SSSR count). The van der Waals surface area contributed by atoms with Crippen LogP contribution in [0, 0.1) is 20.2 Å². The summed E-state index contributed by atoms with van der Waals surface area (Å²) in [6.07, 6.45) is 1.39. The number of carbonyl (C=O) groups excluding carboxylic acids is 1. The zero-order chi connectivity index (χ0) is 26.4. The molecule has 4 aromatic rings. The lowest BCUT2D eigenvalue weighted by molar-refractivity contribution is -0.385. The molecule has 14 heteroatoms. The number of non-ortho nitro benzene ring substituents is 2. The van der Waals surface area contributed by atoms with Crippen molar-refractivity contribution in [3.63, 3.8) is 0 Å². The third-order valence-corrected chi connectivity index (χ3v) is 5.74. The van der Waals surface area contributed by atoms with Crippen molar-refractivity contribution in [2.75, 3.05) is 12.8 Å². The van der Waals surface area contributed by atoms with Crippen LogP contribution in [-0.2, 0) is 9.53 Å². The van der Waals surface area contributed by atoms with Crippen LogP contribution in [0.1, 0.15) is 22.7 Å². The van der Waals surface area contributed by atoms with Crippen LogP contribution in [0.4, 0.5) is 17.4 Å². The quantitative estimate of drug-likeness (QED) is 0.231. The molecular weight excluding hydrogens is 490 g/mol. The number of carbonyl (C=O) groups is 1. The standard InChI is InChI=1S/C23H15N5O9/c1-35-22(30)17-16(12-4-8-14(9-5-12)28(33)34)18-20(37-23(24)25-18)26-15(21(29)36-19(17)26)10-11-2-6-13(7-3-11)27(31)32/h2-10,16H,1H3,(H2,24,25)/b15-10+. The summed E-state index contributed by atoms with van der Waals surface area (Å²) in [5.41, 5.74) is 5.32. The van der Waals surface area contributed by atoms with E-state index in [2.05, 4.69) is 4.98 Å². The second kappa shape index (κ2) is 8.60. The first-order valence-electron chi connectivity index (χ1n) is 10.5. The second-order valence-corrected chi connectivity index (χ2v) is 7.84. The van der Waals surface area contributed by atoms with E-state index in [4.69, 9.17) is 19.3 Å². The van der Waals surface area contributed by atoms with Gasteiger partial charge in [-0.25, -0.2) is 14.2 Å². The first-order chi connectivity index (χ1) is 17.7. The molecule has 37 heavy (non-hydrogen) atoms. The molecule has 3 heterocycles. The number of rotatable bonds is 5. The van der Waals surface area contributed by atoms with Crippen molar-refractivity contribution in [1.82, 2.24) is 9.55 Å². The van der Waals surface area contributed by atoms with Crippen molar-refractivity contribution >= 4 is 35.0 Å². The van der Waals surface area contributed by atoms with Crippen molar-refractivity contribution in [2.24, 2.45) is 0 Å². The van der Waals surface area contributed by atoms with Crippen molar-refractivity contribution in [3.05, 3.63) is 107 Å². The molecule has 0 aliphatic carbocycles. The molecule has 1 unspecified atom stereocenters. The van der Waals surface area contributed by atoms with Crippen LogP contribution < -0.4 is 22.3 Å². The number of fused-ring (bicyclic) bond motifs is 3. The Morgan fingerprint density at radius 1 is 1.05 bits per heavy atom. The number of nitrogen functional groups attached to an aromatic ring is 1. The smallest absolute Gasteiger partial charge is 0.362 e. The number of nitro benzene ring substituents is 2. The Balaban J connectivity index is 1.82. The number of hydrogen-bond acceptors (Lipinski definition) is 11. The normalized spacial score (nSPS) is 14.7. The van der Waals surface area contributed by atoms with E-state index in [1.807, 2.05) is 0 Å². The second-order valence-electron chi connectivity index (χ2n) is 7.84. The molecular formula is C23H15N5O9. The van der Waals surface area contributed by atoms with E-state index in [1.165, 1.54) is 59.2 Å². The molecule has 0 saturated heterocycles. The molecule has 0 radical (unpaired) electrons. The Labute approximate surface area is 204 Å².